The average molecular weight is 211 g/mol. The summed E-state index contributed by atoms with van der Waals surface area (Å²) < 4.78 is 0. The molecule has 2 N–H and O–H groups in total. The first-order valence-corrected chi connectivity index (χ1v) is 5.14. The molecule has 0 saturated carbocycles. The van der Waals surface area contributed by atoms with Gasteiger partial charge in [-0.2, -0.15) is 0 Å². The predicted octanol–water partition coefficient (Wildman–Crippen LogP) is 3.14. The fourth-order valence-electron chi connectivity index (χ4n) is 1.67. The number of benzene rings is 2. The first-order chi connectivity index (χ1) is 7.68. The summed E-state index contributed by atoms with van der Waals surface area (Å²) in [4.78, 5) is 11.4. The first kappa shape index (κ1) is 10.4. The molecule has 2 nitrogen and oxygen atoms in total. The van der Waals surface area contributed by atoms with Gasteiger partial charge in [-0.25, -0.2) is 0 Å². The monoisotopic (exact) mass is 211 g/mol. The standard InChI is InChI=1S/C14H13NO/c1-10(16)13-9-12(7-8-14(13)15)11-5-3-2-4-6-11/h2-9H,15H2,1H3. The Morgan fingerprint density at radius 1 is 1.00 bits per heavy atom. The zero-order valence-electron chi connectivity index (χ0n) is 9.10. The van der Waals surface area contributed by atoms with E-state index in [1.165, 1.54) is 6.92 Å². The fourth-order valence-corrected chi connectivity index (χ4v) is 1.67. The van der Waals surface area contributed by atoms with Gasteiger partial charge in [-0.1, -0.05) is 36.4 Å². The Morgan fingerprint density at radius 2 is 1.69 bits per heavy atom. The van der Waals surface area contributed by atoms with Crippen LogP contribution in [0.2, 0.25) is 0 Å². The SMILES string of the molecule is CC(=O)c1cc(-c2ccccc2)ccc1N. The topological polar surface area (TPSA) is 43.1 Å². The molecule has 0 atom stereocenters. The van der Waals surface area contributed by atoms with Crippen LogP contribution < -0.4 is 5.73 Å². The normalized spacial score (nSPS) is 10.1. The van der Waals surface area contributed by atoms with Gasteiger partial charge in [0.15, 0.2) is 5.78 Å². The van der Waals surface area contributed by atoms with Gasteiger partial charge in [0.25, 0.3) is 0 Å². The van der Waals surface area contributed by atoms with E-state index in [9.17, 15) is 4.79 Å². The summed E-state index contributed by atoms with van der Waals surface area (Å²) in [6.45, 7) is 1.53. The van der Waals surface area contributed by atoms with Gasteiger partial charge in [-0.3, -0.25) is 4.79 Å². The lowest BCUT2D eigenvalue weighted by atomic mass is 10.0. The zero-order valence-corrected chi connectivity index (χ0v) is 9.10. The van der Waals surface area contributed by atoms with Crippen molar-refractivity contribution in [3.8, 4) is 11.1 Å². The van der Waals surface area contributed by atoms with Crippen molar-refractivity contribution in [2.75, 3.05) is 5.73 Å². The molecule has 0 aliphatic rings. The minimum atomic E-state index is -0.00437. The Balaban J connectivity index is 2.52. The molecule has 0 amide bonds. The predicted molar refractivity (Wildman–Crippen MR) is 66.3 cm³/mol. The summed E-state index contributed by atoms with van der Waals surface area (Å²) in [6.07, 6.45) is 0. The van der Waals surface area contributed by atoms with E-state index in [0.717, 1.165) is 11.1 Å². The highest BCUT2D eigenvalue weighted by atomic mass is 16.1. The average Bonchev–Trinajstić information content (AvgIpc) is 2.30. The van der Waals surface area contributed by atoms with E-state index >= 15 is 0 Å². The highest BCUT2D eigenvalue weighted by Gasteiger charge is 2.06. The third kappa shape index (κ3) is 1.96. The molecule has 0 heterocycles. The highest BCUT2D eigenvalue weighted by molar-refractivity contribution is 6.00. The molecule has 2 aromatic carbocycles. The molecule has 2 rings (SSSR count). The van der Waals surface area contributed by atoms with E-state index in [1.807, 2.05) is 42.5 Å². The largest absolute Gasteiger partial charge is 0.398 e. The summed E-state index contributed by atoms with van der Waals surface area (Å²) in [5.74, 6) is -0.00437. The number of hydrogen-bond acceptors (Lipinski definition) is 2. The Morgan fingerprint density at radius 3 is 2.31 bits per heavy atom. The molecule has 2 aromatic rings. The summed E-state index contributed by atoms with van der Waals surface area (Å²) in [5, 5.41) is 0. The maximum atomic E-state index is 11.4. The second-order valence-corrected chi connectivity index (χ2v) is 3.72. The van der Waals surface area contributed by atoms with E-state index in [-0.39, 0.29) is 5.78 Å². The third-order valence-corrected chi connectivity index (χ3v) is 2.54. The maximum absolute atomic E-state index is 11.4. The van der Waals surface area contributed by atoms with Crippen LogP contribution >= 0.6 is 0 Å². The van der Waals surface area contributed by atoms with Crippen LogP contribution in [0.3, 0.4) is 0 Å². The van der Waals surface area contributed by atoms with Crippen LogP contribution in [0.1, 0.15) is 17.3 Å². The second kappa shape index (κ2) is 4.19. The molecule has 0 saturated heterocycles. The van der Waals surface area contributed by atoms with E-state index in [0.29, 0.717) is 11.3 Å². The van der Waals surface area contributed by atoms with E-state index in [1.54, 1.807) is 6.07 Å². The molecular weight excluding hydrogens is 198 g/mol. The van der Waals surface area contributed by atoms with Crippen molar-refractivity contribution >= 4 is 11.5 Å². The number of anilines is 1. The molecule has 0 spiro atoms. The maximum Gasteiger partial charge on any atom is 0.161 e. The molecular formula is C14H13NO. The van der Waals surface area contributed by atoms with Gasteiger partial charge < -0.3 is 5.73 Å². The smallest absolute Gasteiger partial charge is 0.161 e. The fraction of sp³-hybridized carbons (Fsp3) is 0.0714. The third-order valence-electron chi connectivity index (χ3n) is 2.54. The van der Waals surface area contributed by atoms with E-state index in [2.05, 4.69) is 0 Å². The Kier molecular flexibility index (Phi) is 2.73. The number of ketones is 1. The van der Waals surface area contributed by atoms with Gasteiger partial charge in [-0.15, -0.1) is 0 Å². The van der Waals surface area contributed by atoms with Gasteiger partial charge in [0.1, 0.15) is 0 Å². The summed E-state index contributed by atoms with van der Waals surface area (Å²) in [5.41, 5.74) is 8.97. The van der Waals surface area contributed by atoms with Gasteiger partial charge in [0.2, 0.25) is 0 Å². The Bertz CT molecular complexity index is 518. The van der Waals surface area contributed by atoms with Crippen molar-refractivity contribution in [2.24, 2.45) is 0 Å². The minimum absolute atomic E-state index is 0.00437. The lowest BCUT2D eigenvalue weighted by Crippen LogP contribution is -1.99. The van der Waals surface area contributed by atoms with Crippen LogP contribution in [0, 0.1) is 0 Å². The molecule has 0 radical (unpaired) electrons. The number of nitrogens with two attached hydrogens (primary N) is 1. The van der Waals surface area contributed by atoms with Gasteiger partial charge >= 0.3 is 0 Å². The number of rotatable bonds is 2. The lowest BCUT2D eigenvalue weighted by Gasteiger charge is -2.06. The van der Waals surface area contributed by atoms with Crippen LogP contribution in [0.25, 0.3) is 11.1 Å². The quantitative estimate of drug-likeness (QED) is 0.612. The van der Waals surface area contributed by atoms with Crippen molar-refractivity contribution in [1.29, 1.82) is 0 Å². The van der Waals surface area contributed by atoms with Gasteiger partial charge in [0.05, 0.1) is 0 Å². The Hall–Kier alpha value is -2.09. The molecule has 0 aliphatic carbocycles. The summed E-state index contributed by atoms with van der Waals surface area (Å²) in [7, 11) is 0. The van der Waals surface area contributed by atoms with Crippen molar-refractivity contribution in [3.05, 3.63) is 54.1 Å². The summed E-state index contributed by atoms with van der Waals surface area (Å²) >= 11 is 0. The molecule has 0 bridgehead atoms. The van der Waals surface area contributed by atoms with Crippen molar-refractivity contribution in [2.45, 2.75) is 6.92 Å². The van der Waals surface area contributed by atoms with Crippen LogP contribution in [0.4, 0.5) is 5.69 Å². The molecule has 80 valence electrons. The van der Waals surface area contributed by atoms with Gasteiger partial charge in [-0.05, 0) is 30.2 Å². The number of nitrogen functional groups attached to an aromatic ring is 1. The van der Waals surface area contributed by atoms with Crippen molar-refractivity contribution < 1.29 is 4.79 Å². The number of carbonyl (C=O) groups excluding carboxylic acids is 1. The van der Waals surface area contributed by atoms with Crippen LogP contribution in [0.15, 0.2) is 48.5 Å². The van der Waals surface area contributed by atoms with Crippen LogP contribution in [-0.2, 0) is 0 Å². The number of hydrogen-bond donors (Lipinski definition) is 1. The minimum Gasteiger partial charge on any atom is -0.398 e. The Labute approximate surface area is 94.7 Å². The molecule has 0 aliphatic heterocycles. The zero-order chi connectivity index (χ0) is 11.5. The molecule has 16 heavy (non-hydrogen) atoms. The lowest BCUT2D eigenvalue weighted by molar-refractivity contribution is 0.101. The van der Waals surface area contributed by atoms with Crippen molar-refractivity contribution in [3.63, 3.8) is 0 Å². The number of Topliss-reactive ketones (excluding diaryl/α,β-unsaturated/α-hetero) is 1. The first-order valence-electron chi connectivity index (χ1n) is 5.14. The van der Waals surface area contributed by atoms with Crippen molar-refractivity contribution in [1.82, 2.24) is 0 Å². The van der Waals surface area contributed by atoms with Crippen LogP contribution in [-0.4, -0.2) is 5.78 Å². The molecule has 0 aromatic heterocycles. The highest BCUT2D eigenvalue weighted by Crippen LogP contribution is 2.23. The molecule has 0 fully saturated rings. The van der Waals surface area contributed by atoms with E-state index < -0.39 is 0 Å². The van der Waals surface area contributed by atoms with Crippen LogP contribution in [0.5, 0.6) is 0 Å². The van der Waals surface area contributed by atoms with Gasteiger partial charge in [0, 0.05) is 11.3 Å². The number of carbonyl (C=O) groups is 1. The molecule has 0 unspecified atom stereocenters. The second-order valence-electron chi connectivity index (χ2n) is 3.72. The summed E-state index contributed by atoms with van der Waals surface area (Å²) in [6, 6.07) is 15.5. The molecule has 2 heteroatoms. The van der Waals surface area contributed by atoms with E-state index in [4.69, 9.17) is 5.73 Å².